The molecule has 1 heteroatoms. The normalized spacial score (nSPS) is 27.9. The van der Waals surface area contributed by atoms with E-state index in [1.165, 1.54) is 38.8 Å². The van der Waals surface area contributed by atoms with E-state index in [2.05, 4.69) is 35.2 Å². The van der Waals surface area contributed by atoms with Crippen molar-refractivity contribution in [3.8, 4) is 0 Å². The van der Waals surface area contributed by atoms with E-state index in [9.17, 15) is 0 Å². The number of nitrogens with zero attached hydrogens (tertiary/aromatic N) is 1. The highest BCUT2D eigenvalue weighted by atomic mass is 15.2. The molecule has 0 amide bonds. The predicted octanol–water partition coefficient (Wildman–Crippen LogP) is 3.03. The van der Waals surface area contributed by atoms with E-state index in [1.807, 2.05) is 0 Å². The number of hydrogen-bond acceptors (Lipinski definition) is 1. The molecule has 1 saturated heterocycles. The molecule has 1 aliphatic carbocycles. The highest BCUT2D eigenvalue weighted by molar-refractivity contribution is 5.20. The third kappa shape index (κ3) is 2.07. The maximum atomic E-state index is 2.71. The minimum absolute atomic E-state index is 0.792. The topological polar surface area (TPSA) is 3.24 Å². The lowest BCUT2D eigenvalue weighted by atomic mass is 9.90. The number of rotatable bonds is 2. The van der Waals surface area contributed by atoms with Gasteiger partial charge < -0.3 is 0 Å². The summed E-state index contributed by atoms with van der Waals surface area (Å²) in [4.78, 5) is 2.71. The summed E-state index contributed by atoms with van der Waals surface area (Å²) in [5.41, 5.74) is 1.54. The van der Waals surface area contributed by atoms with Gasteiger partial charge in [0.15, 0.2) is 0 Å². The first kappa shape index (κ1) is 9.41. The minimum Gasteiger partial charge on any atom is -0.300 e. The average Bonchev–Trinajstić information content (AvgIpc) is 3.14. The third-order valence-electron chi connectivity index (χ3n) is 3.79. The van der Waals surface area contributed by atoms with E-state index >= 15 is 0 Å². The first-order valence-corrected chi connectivity index (χ1v) is 6.22. The summed E-state index contributed by atoms with van der Waals surface area (Å²) in [5, 5.41) is 0. The second-order valence-corrected chi connectivity index (χ2v) is 4.98. The molecule has 0 N–H and O–H groups in total. The fourth-order valence-electron chi connectivity index (χ4n) is 2.78. The van der Waals surface area contributed by atoms with Crippen LogP contribution < -0.4 is 0 Å². The first-order chi connectivity index (χ1) is 7.43. The van der Waals surface area contributed by atoms with Gasteiger partial charge in [0.05, 0.1) is 0 Å². The van der Waals surface area contributed by atoms with E-state index < -0.39 is 0 Å². The number of likely N-dealkylation sites (tertiary alicyclic amines) is 1. The van der Waals surface area contributed by atoms with Gasteiger partial charge in [0, 0.05) is 12.6 Å². The third-order valence-corrected chi connectivity index (χ3v) is 3.79. The molecular formula is C14H19N. The SMILES string of the molecule is c1ccc(C2CCCN(C3CC3)C2)cc1. The van der Waals surface area contributed by atoms with Crippen molar-refractivity contribution < 1.29 is 0 Å². The molecule has 1 nitrogen and oxygen atoms in total. The van der Waals surface area contributed by atoms with Gasteiger partial charge in [-0.2, -0.15) is 0 Å². The molecule has 1 aromatic carbocycles. The van der Waals surface area contributed by atoms with E-state index in [-0.39, 0.29) is 0 Å². The summed E-state index contributed by atoms with van der Waals surface area (Å²) in [6, 6.07) is 12.0. The highest BCUT2D eigenvalue weighted by Gasteiger charge is 2.32. The quantitative estimate of drug-likeness (QED) is 0.711. The maximum absolute atomic E-state index is 2.71. The molecule has 0 aromatic heterocycles. The van der Waals surface area contributed by atoms with Crippen LogP contribution in [-0.4, -0.2) is 24.0 Å². The molecule has 1 saturated carbocycles. The Hall–Kier alpha value is -0.820. The molecular weight excluding hydrogens is 182 g/mol. The monoisotopic (exact) mass is 201 g/mol. The van der Waals surface area contributed by atoms with Crippen molar-refractivity contribution in [2.24, 2.45) is 0 Å². The van der Waals surface area contributed by atoms with Crippen LogP contribution in [0.2, 0.25) is 0 Å². The second kappa shape index (κ2) is 3.97. The molecule has 1 aliphatic heterocycles. The van der Waals surface area contributed by atoms with Crippen molar-refractivity contribution in [3.63, 3.8) is 0 Å². The Morgan fingerprint density at radius 2 is 1.80 bits per heavy atom. The van der Waals surface area contributed by atoms with Crippen LogP contribution in [0.25, 0.3) is 0 Å². The summed E-state index contributed by atoms with van der Waals surface area (Å²) >= 11 is 0. The fourth-order valence-corrected chi connectivity index (χ4v) is 2.78. The standard InChI is InChI=1S/C14H19N/c1-2-5-12(6-3-1)13-7-4-10-15(11-13)14-8-9-14/h1-3,5-6,13-14H,4,7-11H2. The zero-order chi connectivity index (χ0) is 10.1. The van der Waals surface area contributed by atoms with Crippen molar-refractivity contribution in [2.75, 3.05) is 13.1 Å². The zero-order valence-electron chi connectivity index (χ0n) is 9.23. The van der Waals surface area contributed by atoms with E-state index in [1.54, 1.807) is 5.56 Å². The molecule has 1 aromatic rings. The smallest absolute Gasteiger partial charge is 0.00966 e. The van der Waals surface area contributed by atoms with Crippen LogP contribution in [0, 0.1) is 0 Å². The van der Waals surface area contributed by atoms with Crippen molar-refractivity contribution in [3.05, 3.63) is 35.9 Å². The van der Waals surface area contributed by atoms with Gasteiger partial charge in [0.1, 0.15) is 0 Å². The lowest BCUT2D eigenvalue weighted by molar-refractivity contribution is 0.199. The van der Waals surface area contributed by atoms with Gasteiger partial charge in [-0.05, 0) is 43.7 Å². The Bertz CT molecular complexity index is 315. The molecule has 0 radical (unpaired) electrons. The van der Waals surface area contributed by atoms with Gasteiger partial charge >= 0.3 is 0 Å². The second-order valence-electron chi connectivity index (χ2n) is 4.98. The van der Waals surface area contributed by atoms with Crippen molar-refractivity contribution in [1.29, 1.82) is 0 Å². The van der Waals surface area contributed by atoms with E-state index in [0.29, 0.717) is 0 Å². The van der Waals surface area contributed by atoms with Crippen molar-refractivity contribution in [2.45, 2.75) is 37.6 Å². The highest BCUT2D eigenvalue weighted by Crippen LogP contribution is 2.34. The molecule has 1 atom stereocenters. The van der Waals surface area contributed by atoms with Gasteiger partial charge in [-0.3, -0.25) is 4.90 Å². The zero-order valence-corrected chi connectivity index (χ0v) is 9.23. The average molecular weight is 201 g/mol. The lowest BCUT2D eigenvalue weighted by Gasteiger charge is -2.33. The summed E-state index contributed by atoms with van der Waals surface area (Å²) in [7, 11) is 0. The van der Waals surface area contributed by atoms with Crippen LogP contribution in [-0.2, 0) is 0 Å². The fraction of sp³-hybridized carbons (Fsp3) is 0.571. The van der Waals surface area contributed by atoms with E-state index in [4.69, 9.17) is 0 Å². The van der Waals surface area contributed by atoms with E-state index in [0.717, 1.165) is 12.0 Å². The van der Waals surface area contributed by atoms with Crippen LogP contribution in [0.3, 0.4) is 0 Å². The molecule has 1 unspecified atom stereocenters. The Balaban J connectivity index is 1.70. The van der Waals surface area contributed by atoms with Gasteiger partial charge in [0.2, 0.25) is 0 Å². The van der Waals surface area contributed by atoms with Crippen molar-refractivity contribution >= 4 is 0 Å². The summed E-state index contributed by atoms with van der Waals surface area (Å²) in [5.74, 6) is 0.792. The van der Waals surface area contributed by atoms with Gasteiger partial charge in [0.25, 0.3) is 0 Å². The molecule has 0 bridgehead atoms. The Morgan fingerprint density at radius 3 is 2.53 bits per heavy atom. The molecule has 15 heavy (non-hydrogen) atoms. The van der Waals surface area contributed by atoms with Crippen LogP contribution in [0.1, 0.15) is 37.2 Å². The van der Waals surface area contributed by atoms with Gasteiger partial charge in [-0.25, -0.2) is 0 Å². The molecule has 2 fully saturated rings. The van der Waals surface area contributed by atoms with Crippen molar-refractivity contribution in [1.82, 2.24) is 4.90 Å². The number of hydrogen-bond donors (Lipinski definition) is 0. The Kier molecular flexibility index (Phi) is 2.49. The van der Waals surface area contributed by atoms with Crippen LogP contribution in [0.5, 0.6) is 0 Å². The number of piperidine rings is 1. The first-order valence-electron chi connectivity index (χ1n) is 6.22. The van der Waals surface area contributed by atoms with Crippen LogP contribution >= 0.6 is 0 Å². The molecule has 0 spiro atoms. The molecule has 2 aliphatic rings. The Labute approximate surface area is 92.1 Å². The number of benzene rings is 1. The predicted molar refractivity (Wildman–Crippen MR) is 63.0 cm³/mol. The Morgan fingerprint density at radius 1 is 1.00 bits per heavy atom. The summed E-state index contributed by atoms with van der Waals surface area (Å²) in [6.45, 7) is 2.64. The largest absolute Gasteiger partial charge is 0.300 e. The molecule has 1 heterocycles. The molecule has 3 rings (SSSR count). The summed E-state index contributed by atoms with van der Waals surface area (Å²) < 4.78 is 0. The minimum atomic E-state index is 0.792. The molecule has 80 valence electrons. The van der Waals surface area contributed by atoms with Crippen LogP contribution in [0.4, 0.5) is 0 Å². The lowest BCUT2D eigenvalue weighted by Crippen LogP contribution is -2.35. The van der Waals surface area contributed by atoms with Crippen LogP contribution in [0.15, 0.2) is 30.3 Å². The summed E-state index contributed by atoms with van der Waals surface area (Å²) in [6.07, 6.45) is 5.66. The maximum Gasteiger partial charge on any atom is 0.00966 e. The van der Waals surface area contributed by atoms with Gasteiger partial charge in [-0.1, -0.05) is 30.3 Å². The van der Waals surface area contributed by atoms with Gasteiger partial charge in [-0.15, -0.1) is 0 Å².